The van der Waals surface area contributed by atoms with E-state index in [2.05, 4.69) is 32.0 Å². The lowest BCUT2D eigenvalue weighted by atomic mass is 10.1. The number of rotatable bonds is 8. The Hall–Kier alpha value is -3.20. The minimum Gasteiger partial charge on any atom is -0.357 e. The van der Waals surface area contributed by atoms with Gasteiger partial charge in [-0.15, -0.1) is 16.8 Å². The third-order valence-electron chi connectivity index (χ3n) is 5.19. The van der Waals surface area contributed by atoms with Crippen LogP contribution in [0, 0.1) is 5.82 Å². The van der Waals surface area contributed by atoms with Gasteiger partial charge in [-0.1, -0.05) is 30.0 Å². The number of nitrogens with zero attached hydrogens (tertiary/aromatic N) is 5. The fourth-order valence-electron chi connectivity index (χ4n) is 3.63. The molecule has 1 aromatic carbocycles. The summed E-state index contributed by atoms with van der Waals surface area (Å²) in [5, 5.41) is 11.7. The fraction of sp³-hybridized carbons (Fsp3) is 0.304. The molecule has 3 heterocycles. The van der Waals surface area contributed by atoms with Crippen LogP contribution in [0.15, 0.2) is 60.4 Å². The Morgan fingerprint density at radius 1 is 1.16 bits per heavy atom. The number of piperidine rings is 1. The van der Waals surface area contributed by atoms with Crippen molar-refractivity contribution in [3.05, 3.63) is 61.1 Å². The van der Waals surface area contributed by atoms with E-state index in [1.807, 2.05) is 12.1 Å². The highest BCUT2D eigenvalue weighted by Gasteiger charge is 2.17. The maximum Gasteiger partial charge on any atom is 0.234 e. The molecule has 1 fully saturated rings. The summed E-state index contributed by atoms with van der Waals surface area (Å²) < 4.78 is 16.0. The summed E-state index contributed by atoms with van der Waals surface area (Å²) >= 11 is 1.24. The lowest BCUT2D eigenvalue weighted by molar-refractivity contribution is -0.113. The van der Waals surface area contributed by atoms with E-state index in [0.717, 1.165) is 18.9 Å². The lowest BCUT2D eigenvalue weighted by Crippen LogP contribution is -2.30. The number of hydrogen-bond donors (Lipinski definition) is 1. The van der Waals surface area contributed by atoms with Gasteiger partial charge in [0.15, 0.2) is 11.0 Å². The van der Waals surface area contributed by atoms with Crippen LogP contribution in [0.4, 0.5) is 15.9 Å². The van der Waals surface area contributed by atoms with Gasteiger partial charge in [0, 0.05) is 19.6 Å². The molecule has 1 saturated heterocycles. The molecule has 0 bridgehead atoms. The number of allylic oxidation sites excluding steroid dienone is 1. The zero-order valence-corrected chi connectivity index (χ0v) is 18.5. The van der Waals surface area contributed by atoms with Gasteiger partial charge in [-0.05, 0) is 43.5 Å². The van der Waals surface area contributed by atoms with Crippen LogP contribution in [0.5, 0.6) is 0 Å². The summed E-state index contributed by atoms with van der Waals surface area (Å²) in [6, 6.07) is 10.2. The van der Waals surface area contributed by atoms with E-state index < -0.39 is 0 Å². The predicted octanol–water partition coefficient (Wildman–Crippen LogP) is 4.39. The molecule has 0 aliphatic carbocycles. The molecular weight excluding hydrogens is 427 g/mol. The van der Waals surface area contributed by atoms with Crippen LogP contribution in [0.1, 0.15) is 19.3 Å². The fourth-order valence-corrected chi connectivity index (χ4v) is 4.38. The highest BCUT2D eigenvalue weighted by atomic mass is 32.2. The van der Waals surface area contributed by atoms with Crippen molar-refractivity contribution in [2.75, 3.05) is 29.1 Å². The SMILES string of the molecule is C=CCn1c(SCC(=O)Nc2ccc(N3CCCCC3)nc2)nnc1-c1ccccc1F. The molecule has 3 aromatic rings. The largest absolute Gasteiger partial charge is 0.357 e. The van der Waals surface area contributed by atoms with Gasteiger partial charge in [0.1, 0.15) is 11.6 Å². The van der Waals surface area contributed by atoms with Crippen LogP contribution in [0.25, 0.3) is 11.4 Å². The summed E-state index contributed by atoms with van der Waals surface area (Å²) in [6.07, 6.45) is 7.01. The number of amides is 1. The van der Waals surface area contributed by atoms with Gasteiger partial charge in [0.05, 0.1) is 23.2 Å². The number of carbonyl (C=O) groups excluding carboxylic acids is 1. The normalized spacial score (nSPS) is 13.7. The smallest absolute Gasteiger partial charge is 0.234 e. The van der Waals surface area contributed by atoms with Crippen LogP contribution >= 0.6 is 11.8 Å². The van der Waals surface area contributed by atoms with Gasteiger partial charge in [-0.3, -0.25) is 9.36 Å². The number of thioether (sulfide) groups is 1. The topological polar surface area (TPSA) is 75.9 Å². The van der Waals surface area contributed by atoms with Gasteiger partial charge >= 0.3 is 0 Å². The second-order valence-electron chi connectivity index (χ2n) is 7.47. The van der Waals surface area contributed by atoms with Gasteiger partial charge < -0.3 is 10.2 Å². The Labute approximate surface area is 190 Å². The Bertz CT molecular complexity index is 1080. The molecule has 1 aliphatic heterocycles. The van der Waals surface area contributed by atoms with Crippen LogP contribution in [-0.4, -0.2) is 44.5 Å². The maximum atomic E-state index is 14.2. The average Bonchev–Trinajstić information content (AvgIpc) is 3.22. The van der Waals surface area contributed by atoms with Crippen molar-refractivity contribution in [1.82, 2.24) is 19.7 Å². The number of halogens is 1. The summed E-state index contributed by atoms with van der Waals surface area (Å²) in [4.78, 5) is 19.2. The molecule has 0 radical (unpaired) electrons. The van der Waals surface area contributed by atoms with Crippen LogP contribution in [0.2, 0.25) is 0 Å². The van der Waals surface area contributed by atoms with Gasteiger partial charge in [-0.2, -0.15) is 0 Å². The van der Waals surface area contributed by atoms with E-state index in [1.165, 1.54) is 37.1 Å². The van der Waals surface area contributed by atoms with E-state index in [4.69, 9.17) is 0 Å². The van der Waals surface area contributed by atoms with Crippen LogP contribution in [-0.2, 0) is 11.3 Å². The van der Waals surface area contributed by atoms with Crippen molar-refractivity contribution < 1.29 is 9.18 Å². The third-order valence-corrected chi connectivity index (χ3v) is 6.15. The number of benzene rings is 1. The summed E-state index contributed by atoms with van der Waals surface area (Å²) in [6.45, 7) is 6.21. The molecule has 1 N–H and O–H groups in total. The van der Waals surface area contributed by atoms with Crippen molar-refractivity contribution >= 4 is 29.2 Å². The molecule has 1 amide bonds. The highest BCUT2D eigenvalue weighted by molar-refractivity contribution is 7.99. The van der Waals surface area contributed by atoms with Crippen molar-refractivity contribution in [2.45, 2.75) is 31.0 Å². The number of carbonyl (C=O) groups is 1. The van der Waals surface area contributed by atoms with Crippen molar-refractivity contribution in [3.63, 3.8) is 0 Å². The number of anilines is 2. The molecule has 2 aromatic heterocycles. The summed E-state index contributed by atoms with van der Waals surface area (Å²) in [7, 11) is 0. The first-order chi connectivity index (χ1) is 15.7. The molecule has 0 unspecified atom stereocenters. The Kier molecular flexibility index (Phi) is 7.16. The molecule has 32 heavy (non-hydrogen) atoms. The zero-order chi connectivity index (χ0) is 22.3. The van der Waals surface area contributed by atoms with E-state index in [-0.39, 0.29) is 17.5 Å². The second kappa shape index (κ2) is 10.4. The molecule has 9 heteroatoms. The van der Waals surface area contributed by atoms with E-state index >= 15 is 0 Å². The number of aromatic nitrogens is 4. The summed E-state index contributed by atoms with van der Waals surface area (Å²) in [5.74, 6) is 0.933. The van der Waals surface area contributed by atoms with Gasteiger partial charge in [0.2, 0.25) is 5.91 Å². The monoisotopic (exact) mass is 452 g/mol. The molecule has 0 spiro atoms. The molecule has 0 atom stereocenters. The number of pyridine rings is 1. The Morgan fingerprint density at radius 3 is 2.69 bits per heavy atom. The van der Waals surface area contributed by atoms with Crippen LogP contribution in [0.3, 0.4) is 0 Å². The molecular formula is C23H25FN6OS. The molecule has 166 valence electrons. The first-order valence-corrected chi connectivity index (χ1v) is 11.6. The van der Waals surface area contributed by atoms with E-state index in [9.17, 15) is 9.18 Å². The second-order valence-corrected chi connectivity index (χ2v) is 8.42. The number of nitrogens with one attached hydrogen (secondary N) is 1. The standard InChI is InChI=1S/C23H25FN6OS/c1-2-12-30-22(18-8-4-5-9-19(18)24)27-28-23(30)32-16-21(31)26-17-10-11-20(25-15-17)29-13-6-3-7-14-29/h2,4-5,8-11,15H,1,3,6-7,12-14,16H2,(H,26,31). The first-order valence-electron chi connectivity index (χ1n) is 10.6. The summed E-state index contributed by atoms with van der Waals surface area (Å²) in [5.41, 5.74) is 1.01. The highest BCUT2D eigenvalue weighted by Crippen LogP contribution is 2.26. The van der Waals surface area contributed by atoms with Crippen molar-refractivity contribution in [3.8, 4) is 11.4 Å². The third kappa shape index (κ3) is 5.16. The first kappa shape index (κ1) is 22.0. The lowest BCUT2D eigenvalue weighted by Gasteiger charge is -2.27. The molecule has 4 rings (SSSR count). The van der Waals surface area contributed by atoms with Crippen molar-refractivity contribution in [1.29, 1.82) is 0 Å². The molecule has 0 saturated carbocycles. The van der Waals surface area contributed by atoms with Gasteiger partial charge in [-0.25, -0.2) is 9.37 Å². The van der Waals surface area contributed by atoms with E-state index in [1.54, 1.807) is 35.0 Å². The van der Waals surface area contributed by atoms with E-state index in [0.29, 0.717) is 28.8 Å². The minimum atomic E-state index is -0.375. The average molecular weight is 453 g/mol. The Balaban J connectivity index is 1.38. The van der Waals surface area contributed by atoms with Crippen LogP contribution < -0.4 is 10.2 Å². The number of hydrogen-bond acceptors (Lipinski definition) is 6. The minimum absolute atomic E-state index is 0.139. The van der Waals surface area contributed by atoms with Crippen molar-refractivity contribution in [2.24, 2.45) is 0 Å². The predicted molar refractivity (Wildman–Crippen MR) is 125 cm³/mol. The maximum absolute atomic E-state index is 14.2. The molecule has 1 aliphatic rings. The molecule has 7 nitrogen and oxygen atoms in total. The Morgan fingerprint density at radius 2 is 1.97 bits per heavy atom. The zero-order valence-electron chi connectivity index (χ0n) is 17.7. The quantitative estimate of drug-likeness (QED) is 0.404. The van der Waals surface area contributed by atoms with Gasteiger partial charge in [0.25, 0.3) is 0 Å².